The van der Waals surface area contributed by atoms with Crippen LogP contribution in [0.5, 0.6) is 5.75 Å². The molecule has 0 fully saturated rings. The maximum absolute atomic E-state index is 13.1. The molecule has 1 amide bonds. The Balaban J connectivity index is 1.88. The Kier molecular flexibility index (Phi) is 6.29. The van der Waals surface area contributed by atoms with E-state index >= 15 is 0 Å². The fraction of sp³-hybridized carbons (Fsp3) is 0.409. The van der Waals surface area contributed by atoms with Gasteiger partial charge in [-0.25, -0.2) is 13.1 Å². The number of sulfonamides is 1. The minimum absolute atomic E-state index is 0.0272. The van der Waals surface area contributed by atoms with E-state index in [9.17, 15) is 13.2 Å². The van der Waals surface area contributed by atoms with E-state index in [2.05, 4.69) is 4.72 Å². The summed E-state index contributed by atoms with van der Waals surface area (Å²) >= 11 is 0. The van der Waals surface area contributed by atoms with Crippen LogP contribution in [0.25, 0.3) is 0 Å². The molecule has 1 N–H and O–H groups in total. The number of nitrogens with zero attached hydrogens (tertiary/aromatic N) is 1. The quantitative estimate of drug-likeness (QED) is 0.778. The highest BCUT2D eigenvalue weighted by Gasteiger charge is 2.25. The summed E-state index contributed by atoms with van der Waals surface area (Å²) in [5.74, 6) is 0.747. The number of amides is 1. The Labute approximate surface area is 172 Å². The second-order valence-electron chi connectivity index (χ2n) is 7.38. The van der Waals surface area contributed by atoms with Gasteiger partial charge < -0.3 is 9.64 Å². The predicted molar refractivity (Wildman–Crippen MR) is 114 cm³/mol. The number of ether oxygens (including phenoxy) is 1. The molecule has 156 valence electrons. The molecule has 0 aliphatic carbocycles. The van der Waals surface area contributed by atoms with E-state index in [1.54, 1.807) is 30.2 Å². The zero-order valence-electron chi connectivity index (χ0n) is 17.4. The number of fused-ring (bicyclic) bond motifs is 1. The molecule has 1 heterocycles. The van der Waals surface area contributed by atoms with Gasteiger partial charge in [0.15, 0.2) is 0 Å². The van der Waals surface area contributed by atoms with E-state index < -0.39 is 10.0 Å². The molecule has 0 saturated carbocycles. The number of methoxy groups -OCH3 is 1. The maximum Gasteiger partial charge on any atom is 0.241 e. The van der Waals surface area contributed by atoms with Crippen LogP contribution in [0.4, 0.5) is 5.69 Å². The lowest BCUT2D eigenvalue weighted by molar-refractivity contribution is -0.116. The fourth-order valence-electron chi connectivity index (χ4n) is 3.83. The molecule has 0 radical (unpaired) electrons. The number of benzene rings is 2. The Bertz CT molecular complexity index is 1020. The fourth-order valence-corrected chi connectivity index (χ4v) is 5.19. The van der Waals surface area contributed by atoms with Gasteiger partial charge in [-0.15, -0.1) is 0 Å². The van der Waals surface area contributed by atoms with Gasteiger partial charge in [0.1, 0.15) is 5.75 Å². The number of hydrogen-bond acceptors (Lipinski definition) is 4. The van der Waals surface area contributed by atoms with E-state index in [1.807, 2.05) is 32.0 Å². The van der Waals surface area contributed by atoms with E-state index in [0.29, 0.717) is 13.0 Å². The lowest BCUT2D eigenvalue weighted by Gasteiger charge is -2.29. The summed E-state index contributed by atoms with van der Waals surface area (Å²) in [6.07, 6.45) is 2.21. The highest BCUT2D eigenvalue weighted by Crippen LogP contribution is 2.31. The summed E-state index contributed by atoms with van der Waals surface area (Å²) in [5.41, 5.74) is 3.55. The van der Waals surface area contributed by atoms with E-state index in [0.717, 1.165) is 41.0 Å². The topological polar surface area (TPSA) is 75.7 Å². The largest absolute Gasteiger partial charge is 0.496 e. The Morgan fingerprint density at radius 2 is 2.00 bits per heavy atom. The van der Waals surface area contributed by atoms with Crippen LogP contribution in [0.1, 0.15) is 49.4 Å². The van der Waals surface area contributed by atoms with Crippen LogP contribution >= 0.6 is 0 Å². The summed E-state index contributed by atoms with van der Waals surface area (Å²) in [5, 5.41) is 0. The molecule has 0 bridgehead atoms. The van der Waals surface area contributed by atoms with Crippen molar-refractivity contribution in [3.05, 3.63) is 53.1 Å². The number of carbonyl (C=O) groups excluding carboxylic acids is 1. The summed E-state index contributed by atoms with van der Waals surface area (Å²) in [6.45, 7) is 6.09. The van der Waals surface area contributed by atoms with Crippen LogP contribution in [-0.2, 0) is 21.2 Å². The standard InChI is InChI=1S/C22H28N2O4S/c1-5-20(17-8-11-22(28-4)15(2)13-17)23-29(26,27)19-9-10-21-18(14-19)7-6-12-24(21)16(3)25/h8-11,13-14,20,23H,5-7,12H2,1-4H3. The number of nitrogens with one attached hydrogen (secondary N) is 1. The molecule has 0 spiro atoms. The Morgan fingerprint density at radius 3 is 2.62 bits per heavy atom. The molecule has 29 heavy (non-hydrogen) atoms. The summed E-state index contributed by atoms with van der Waals surface area (Å²) in [4.78, 5) is 13.8. The number of carbonyl (C=O) groups is 1. The molecule has 6 nitrogen and oxygen atoms in total. The number of rotatable bonds is 6. The van der Waals surface area contributed by atoms with E-state index in [-0.39, 0.29) is 16.8 Å². The summed E-state index contributed by atoms with van der Waals surface area (Å²) < 4.78 is 34.3. The highest BCUT2D eigenvalue weighted by atomic mass is 32.2. The van der Waals surface area contributed by atoms with Gasteiger partial charge in [-0.2, -0.15) is 0 Å². The smallest absolute Gasteiger partial charge is 0.241 e. The van der Waals surface area contributed by atoms with Gasteiger partial charge in [0.05, 0.1) is 12.0 Å². The summed E-state index contributed by atoms with van der Waals surface area (Å²) in [7, 11) is -2.09. The third kappa shape index (κ3) is 4.46. The first kappa shape index (κ1) is 21.3. The highest BCUT2D eigenvalue weighted by molar-refractivity contribution is 7.89. The van der Waals surface area contributed by atoms with Crippen molar-refractivity contribution in [2.24, 2.45) is 0 Å². The second kappa shape index (κ2) is 8.55. The van der Waals surface area contributed by atoms with Crippen LogP contribution in [-0.4, -0.2) is 28.0 Å². The van der Waals surface area contributed by atoms with Crippen molar-refractivity contribution in [3.8, 4) is 5.75 Å². The molecule has 1 unspecified atom stereocenters. The van der Waals surface area contributed by atoms with Crippen LogP contribution in [0.15, 0.2) is 41.3 Å². The maximum atomic E-state index is 13.1. The molecular weight excluding hydrogens is 388 g/mol. The van der Waals surface area contributed by atoms with Crippen molar-refractivity contribution >= 4 is 21.6 Å². The lowest BCUT2D eigenvalue weighted by Crippen LogP contribution is -2.34. The van der Waals surface area contributed by atoms with Crippen molar-refractivity contribution < 1.29 is 17.9 Å². The second-order valence-corrected chi connectivity index (χ2v) is 9.09. The molecule has 1 aliphatic heterocycles. The first-order chi connectivity index (χ1) is 13.8. The predicted octanol–water partition coefficient (Wildman–Crippen LogP) is 3.73. The summed E-state index contributed by atoms with van der Waals surface area (Å²) in [6, 6.07) is 10.4. The van der Waals surface area contributed by atoms with Crippen molar-refractivity contribution in [2.45, 2.75) is 51.0 Å². The molecule has 7 heteroatoms. The Hall–Kier alpha value is -2.38. The SMILES string of the molecule is CCC(NS(=O)(=O)c1ccc2c(c1)CCCN2C(C)=O)c1ccc(OC)c(C)c1. The van der Waals surface area contributed by atoms with Crippen molar-refractivity contribution in [1.82, 2.24) is 4.72 Å². The molecular formula is C22H28N2O4S. The van der Waals surface area contributed by atoms with Crippen molar-refractivity contribution in [1.29, 1.82) is 0 Å². The minimum atomic E-state index is -3.70. The monoisotopic (exact) mass is 416 g/mol. The molecule has 1 aliphatic rings. The minimum Gasteiger partial charge on any atom is -0.496 e. The van der Waals surface area contributed by atoms with Crippen molar-refractivity contribution in [2.75, 3.05) is 18.6 Å². The van der Waals surface area contributed by atoms with Gasteiger partial charge in [-0.3, -0.25) is 4.79 Å². The molecule has 0 saturated heterocycles. The van der Waals surface area contributed by atoms with Gasteiger partial charge in [-0.1, -0.05) is 19.1 Å². The van der Waals surface area contributed by atoms with Gasteiger partial charge in [0.25, 0.3) is 0 Å². The molecule has 1 atom stereocenters. The van der Waals surface area contributed by atoms with E-state index in [1.165, 1.54) is 6.92 Å². The normalized spacial score (nSPS) is 15.0. The Morgan fingerprint density at radius 1 is 1.24 bits per heavy atom. The third-order valence-corrected chi connectivity index (χ3v) is 6.86. The molecule has 2 aromatic rings. The zero-order valence-corrected chi connectivity index (χ0v) is 18.2. The van der Waals surface area contributed by atoms with Crippen LogP contribution in [0, 0.1) is 6.92 Å². The number of aryl methyl sites for hydroxylation is 2. The van der Waals surface area contributed by atoms with Crippen molar-refractivity contribution in [3.63, 3.8) is 0 Å². The molecule has 2 aromatic carbocycles. The first-order valence-corrected chi connectivity index (χ1v) is 11.3. The molecule has 3 rings (SSSR count). The van der Waals surface area contributed by atoms with Crippen LogP contribution < -0.4 is 14.4 Å². The molecule has 0 aromatic heterocycles. The average Bonchev–Trinajstić information content (AvgIpc) is 2.71. The van der Waals surface area contributed by atoms with Gasteiger partial charge in [0, 0.05) is 25.2 Å². The van der Waals surface area contributed by atoms with E-state index in [4.69, 9.17) is 4.74 Å². The average molecular weight is 417 g/mol. The number of hydrogen-bond donors (Lipinski definition) is 1. The third-order valence-electron chi connectivity index (χ3n) is 5.39. The van der Waals surface area contributed by atoms with Gasteiger partial charge in [0.2, 0.25) is 15.9 Å². The zero-order chi connectivity index (χ0) is 21.2. The first-order valence-electron chi connectivity index (χ1n) is 9.84. The number of anilines is 1. The van der Waals surface area contributed by atoms with Crippen LogP contribution in [0.3, 0.4) is 0 Å². The van der Waals surface area contributed by atoms with Gasteiger partial charge >= 0.3 is 0 Å². The lowest BCUT2D eigenvalue weighted by atomic mass is 10.0. The van der Waals surface area contributed by atoms with Gasteiger partial charge in [-0.05, 0) is 67.1 Å². The van der Waals surface area contributed by atoms with Crippen LogP contribution in [0.2, 0.25) is 0 Å².